The Morgan fingerprint density at radius 1 is 1.32 bits per heavy atom. The third kappa shape index (κ3) is 2.90. The monoisotopic (exact) mass is 345 g/mol. The first kappa shape index (κ1) is 16.2. The van der Waals surface area contributed by atoms with E-state index < -0.39 is 15.6 Å². The van der Waals surface area contributed by atoms with E-state index in [9.17, 15) is 8.42 Å². The molecule has 1 atom stereocenters. The molecular formula is C15H20ClNO4S. The van der Waals surface area contributed by atoms with Gasteiger partial charge in [0.1, 0.15) is 10.5 Å². The molecule has 122 valence electrons. The maximum atomic E-state index is 13.0. The summed E-state index contributed by atoms with van der Waals surface area (Å²) in [4.78, 5) is 0.199. The molecule has 0 bridgehead atoms. The molecule has 1 aromatic rings. The lowest BCUT2D eigenvalue weighted by Gasteiger charge is -2.44. The summed E-state index contributed by atoms with van der Waals surface area (Å²) >= 11 is 6.15. The molecule has 2 saturated heterocycles. The number of hydrogen-bond acceptors (Lipinski definition) is 4. The third-order valence-corrected chi connectivity index (χ3v) is 6.74. The van der Waals surface area contributed by atoms with Crippen LogP contribution in [0, 0.1) is 6.92 Å². The summed E-state index contributed by atoms with van der Waals surface area (Å²) in [7, 11) is -3.63. The highest BCUT2D eigenvalue weighted by atomic mass is 35.5. The molecule has 5 nitrogen and oxygen atoms in total. The van der Waals surface area contributed by atoms with E-state index >= 15 is 0 Å². The van der Waals surface area contributed by atoms with Crippen molar-refractivity contribution in [2.75, 3.05) is 32.9 Å². The van der Waals surface area contributed by atoms with Crippen molar-refractivity contribution in [3.63, 3.8) is 0 Å². The largest absolute Gasteiger partial charge is 0.378 e. The zero-order valence-electron chi connectivity index (χ0n) is 12.5. The van der Waals surface area contributed by atoms with Crippen LogP contribution < -0.4 is 0 Å². The predicted molar refractivity (Wildman–Crippen MR) is 83.7 cm³/mol. The fourth-order valence-electron chi connectivity index (χ4n) is 3.15. The summed E-state index contributed by atoms with van der Waals surface area (Å²) in [6.07, 6.45) is 1.71. The van der Waals surface area contributed by atoms with E-state index in [1.54, 1.807) is 25.1 Å². The van der Waals surface area contributed by atoms with Crippen LogP contribution in [0.3, 0.4) is 0 Å². The first-order valence-electron chi connectivity index (χ1n) is 7.42. The van der Waals surface area contributed by atoms with Crippen LogP contribution >= 0.6 is 11.6 Å². The molecule has 0 aromatic heterocycles. The molecule has 0 amide bonds. The van der Waals surface area contributed by atoms with E-state index in [2.05, 4.69) is 0 Å². The van der Waals surface area contributed by atoms with Gasteiger partial charge in [0.2, 0.25) is 10.0 Å². The van der Waals surface area contributed by atoms with Gasteiger partial charge in [0, 0.05) is 19.7 Å². The van der Waals surface area contributed by atoms with Crippen molar-refractivity contribution in [3.8, 4) is 0 Å². The Kier molecular flexibility index (Phi) is 4.49. The molecule has 2 aliphatic heterocycles. The number of hydrogen-bond donors (Lipinski definition) is 0. The predicted octanol–water partition coefficient (Wildman–Crippen LogP) is 2.22. The van der Waals surface area contributed by atoms with Crippen molar-refractivity contribution in [2.45, 2.75) is 30.3 Å². The Labute approximate surface area is 136 Å². The van der Waals surface area contributed by atoms with Gasteiger partial charge >= 0.3 is 0 Å². The minimum absolute atomic E-state index is 0.199. The summed E-state index contributed by atoms with van der Waals surface area (Å²) < 4.78 is 38.9. The summed E-state index contributed by atoms with van der Waals surface area (Å²) in [6, 6.07) is 5.13. The second-order valence-electron chi connectivity index (χ2n) is 5.91. The Balaban J connectivity index is 1.92. The molecule has 7 heteroatoms. The minimum atomic E-state index is -3.63. The van der Waals surface area contributed by atoms with E-state index in [0.29, 0.717) is 38.5 Å². The summed E-state index contributed by atoms with van der Waals surface area (Å²) in [6.45, 7) is 3.96. The first-order valence-corrected chi connectivity index (χ1v) is 9.23. The van der Waals surface area contributed by atoms with Gasteiger partial charge in [-0.3, -0.25) is 0 Å². The highest BCUT2D eigenvalue weighted by molar-refractivity contribution is 7.89. The molecule has 0 radical (unpaired) electrons. The van der Waals surface area contributed by atoms with E-state index in [1.807, 2.05) is 0 Å². The molecule has 2 fully saturated rings. The fraction of sp³-hybridized carbons (Fsp3) is 0.600. The number of aryl methyl sites for hydroxylation is 1. The Bertz CT molecular complexity index is 630. The van der Waals surface area contributed by atoms with Crippen LogP contribution in [-0.4, -0.2) is 51.2 Å². The van der Waals surface area contributed by atoms with Gasteiger partial charge in [-0.1, -0.05) is 23.7 Å². The molecule has 0 saturated carbocycles. The highest BCUT2D eigenvalue weighted by Gasteiger charge is 2.43. The Morgan fingerprint density at radius 2 is 2.14 bits per heavy atom. The molecule has 2 aliphatic rings. The van der Waals surface area contributed by atoms with Crippen molar-refractivity contribution >= 4 is 21.6 Å². The average molecular weight is 346 g/mol. The molecule has 0 N–H and O–H groups in total. The maximum absolute atomic E-state index is 13.0. The minimum Gasteiger partial charge on any atom is -0.378 e. The summed E-state index contributed by atoms with van der Waals surface area (Å²) in [5.74, 6) is 0. The van der Waals surface area contributed by atoms with Gasteiger partial charge in [-0.25, -0.2) is 8.42 Å². The van der Waals surface area contributed by atoms with Crippen LogP contribution in [0.4, 0.5) is 0 Å². The molecule has 1 spiro atoms. The number of nitrogens with zero attached hydrogens (tertiary/aromatic N) is 1. The van der Waals surface area contributed by atoms with Crippen LogP contribution in [0.5, 0.6) is 0 Å². The maximum Gasteiger partial charge on any atom is 0.244 e. The fourth-order valence-corrected chi connectivity index (χ4v) is 5.43. The van der Waals surface area contributed by atoms with E-state index in [0.717, 1.165) is 12.8 Å². The molecule has 22 heavy (non-hydrogen) atoms. The highest BCUT2D eigenvalue weighted by Crippen LogP contribution is 2.33. The average Bonchev–Trinajstić information content (AvgIpc) is 2.47. The molecule has 0 aliphatic carbocycles. The number of rotatable bonds is 2. The van der Waals surface area contributed by atoms with Crippen LogP contribution in [0.15, 0.2) is 23.1 Å². The Morgan fingerprint density at radius 3 is 2.82 bits per heavy atom. The molecule has 2 heterocycles. The van der Waals surface area contributed by atoms with Gasteiger partial charge in [-0.05, 0) is 31.4 Å². The van der Waals surface area contributed by atoms with Gasteiger partial charge in [0.15, 0.2) is 0 Å². The van der Waals surface area contributed by atoms with E-state index in [-0.39, 0.29) is 9.92 Å². The SMILES string of the molecule is Cc1cccc(Cl)c1S(=O)(=O)N1CCOC2(CCCOC2)C1. The lowest BCUT2D eigenvalue weighted by atomic mass is 9.95. The third-order valence-electron chi connectivity index (χ3n) is 4.26. The van der Waals surface area contributed by atoms with Crippen LogP contribution in [0.25, 0.3) is 0 Å². The number of ether oxygens (including phenoxy) is 2. The van der Waals surface area contributed by atoms with Gasteiger partial charge in [-0.2, -0.15) is 4.31 Å². The smallest absolute Gasteiger partial charge is 0.244 e. The van der Waals surface area contributed by atoms with Crippen LogP contribution in [0.2, 0.25) is 5.02 Å². The normalized spacial score (nSPS) is 27.2. The van der Waals surface area contributed by atoms with Crippen molar-refractivity contribution in [1.82, 2.24) is 4.31 Å². The zero-order valence-corrected chi connectivity index (χ0v) is 14.1. The lowest BCUT2D eigenvalue weighted by Crippen LogP contribution is -2.57. The van der Waals surface area contributed by atoms with Crippen molar-refractivity contribution < 1.29 is 17.9 Å². The molecular weight excluding hydrogens is 326 g/mol. The summed E-state index contributed by atoms with van der Waals surface area (Å²) in [5.41, 5.74) is 0.145. The number of benzene rings is 1. The van der Waals surface area contributed by atoms with Crippen LogP contribution in [-0.2, 0) is 19.5 Å². The van der Waals surface area contributed by atoms with Gasteiger partial charge in [0.25, 0.3) is 0 Å². The van der Waals surface area contributed by atoms with Gasteiger partial charge in [-0.15, -0.1) is 0 Å². The quantitative estimate of drug-likeness (QED) is 0.824. The topological polar surface area (TPSA) is 55.8 Å². The molecule has 1 aromatic carbocycles. The van der Waals surface area contributed by atoms with Gasteiger partial charge < -0.3 is 9.47 Å². The summed E-state index contributed by atoms with van der Waals surface area (Å²) in [5, 5.41) is 0.264. The van der Waals surface area contributed by atoms with Crippen molar-refractivity contribution in [3.05, 3.63) is 28.8 Å². The van der Waals surface area contributed by atoms with E-state index in [4.69, 9.17) is 21.1 Å². The zero-order chi connectivity index (χ0) is 15.8. The van der Waals surface area contributed by atoms with Crippen LogP contribution in [0.1, 0.15) is 18.4 Å². The number of morpholine rings is 1. The van der Waals surface area contributed by atoms with Crippen molar-refractivity contribution in [2.24, 2.45) is 0 Å². The standard InChI is InChI=1S/C15H20ClNO4S/c1-12-4-2-5-13(16)14(12)22(18,19)17-7-9-21-15(10-17)6-3-8-20-11-15/h2,4-5H,3,6-11H2,1H3. The lowest BCUT2D eigenvalue weighted by molar-refractivity contribution is -0.155. The second-order valence-corrected chi connectivity index (χ2v) is 8.19. The second kappa shape index (κ2) is 6.09. The number of halogens is 1. The van der Waals surface area contributed by atoms with Crippen molar-refractivity contribution in [1.29, 1.82) is 0 Å². The molecule has 3 rings (SSSR count). The Hall–Kier alpha value is -0.660. The van der Waals surface area contributed by atoms with Gasteiger partial charge in [0.05, 0.1) is 18.2 Å². The van der Waals surface area contributed by atoms with E-state index in [1.165, 1.54) is 4.31 Å². The number of sulfonamides is 1. The molecule has 1 unspecified atom stereocenters. The first-order chi connectivity index (χ1) is 10.4.